The first-order chi connectivity index (χ1) is 11.2. The van der Waals surface area contributed by atoms with E-state index in [1.807, 2.05) is 59.2 Å². The molecule has 0 bridgehead atoms. The van der Waals surface area contributed by atoms with E-state index in [2.05, 4.69) is 4.99 Å². The second kappa shape index (κ2) is 7.31. The average molecular weight is 378 g/mol. The standard InChI is InChI=1S/C16H12ClN3S3/c1-18-14(11-5-3-2-4-6-11)19-15-20(16(21)23-22-15)13-9-7-12(17)8-10-13/h2-10H,1H3. The Hall–Kier alpha value is -1.60. The first kappa shape index (κ1) is 16.3. The molecule has 0 N–H and O–H groups in total. The zero-order valence-electron chi connectivity index (χ0n) is 12.1. The Labute approximate surface area is 151 Å². The zero-order valence-corrected chi connectivity index (χ0v) is 15.3. The van der Waals surface area contributed by atoms with Crippen LogP contribution in [0.15, 0.2) is 64.6 Å². The molecule has 0 fully saturated rings. The molecule has 1 heterocycles. The average Bonchev–Trinajstić information content (AvgIpc) is 2.95. The van der Waals surface area contributed by atoms with Crippen LogP contribution in [0.1, 0.15) is 5.56 Å². The Morgan fingerprint density at radius 3 is 2.39 bits per heavy atom. The van der Waals surface area contributed by atoms with Crippen LogP contribution < -0.4 is 4.80 Å². The van der Waals surface area contributed by atoms with Crippen LogP contribution in [0, 0.1) is 3.95 Å². The van der Waals surface area contributed by atoms with E-state index in [9.17, 15) is 0 Å². The molecule has 0 spiro atoms. The predicted molar refractivity (Wildman–Crippen MR) is 102 cm³/mol. The largest absolute Gasteiger partial charge is 0.270 e. The van der Waals surface area contributed by atoms with Gasteiger partial charge in [0.1, 0.15) is 0 Å². The van der Waals surface area contributed by atoms with Gasteiger partial charge in [0.2, 0.25) is 4.80 Å². The number of aliphatic imine (C=N–C) groups is 1. The molecule has 0 amide bonds. The van der Waals surface area contributed by atoms with Gasteiger partial charge in [0, 0.05) is 17.6 Å². The molecule has 23 heavy (non-hydrogen) atoms. The summed E-state index contributed by atoms with van der Waals surface area (Å²) in [5.74, 6) is 0.678. The highest BCUT2D eigenvalue weighted by molar-refractivity contribution is 7.79. The van der Waals surface area contributed by atoms with Crippen molar-refractivity contribution in [1.29, 1.82) is 0 Å². The number of aromatic nitrogens is 1. The maximum absolute atomic E-state index is 5.97. The molecule has 1 aromatic heterocycles. The van der Waals surface area contributed by atoms with Crippen LogP contribution in [0.25, 0.3) is 5.69 Å². The Kier molecular flexibility index (Phi) is 5.17. The van der Waals surface area contributed by atoms with Crippen molar-refractivity contribution in [3.05, 3.63) is 73.9 Å². The lowest BCUT2D eigenvalue weighted by Crippen LogP contribution is -2.15. The highest BCUT2D eigenvalue weighted by Gasteiger charge is 2.06. The van der Waals surface area contributed by atoms with Crippen LogP contribution in [-0.4, -0.2) is 17.5 Å². The Morgan fingerprint density at radius 2 is 1.74 bits per heavy atom. The zero-order chi connectivity index (χ0) is 16.2. The molecule has 0 saturated heterocycles. The number of hydrogen-bond donors (Lipinski definition) is 0. The van der Waals surface area contributed by atoms with Crippen molar-refractivity contribution in [2.75, 3.05) is 7.05 Å². The van der Waals surface area contributed by atoms with Gasteiger partial charge in [0.25, 0.3) is 0 Å². The number of nitrogens with zero attached hydrogens (tertiary/aromatic N) is 3. The summed E-state index contributed by atoms with van der Waals surface area (Å²) in [4.78, 5) is 9.81. The fraction of sp³-hybridized carbons (Fsp3) is 0.0625. The van der Waals surface area contributed by atoms with Crippen LogP contribution in [0.3, 0.4) is 0 Å². The van der Waals surface area contributed by atoms with Gasteiger partial charge in [-0.1, -0.05) is 41.9 Å². The molecule has 0 unspecified atom stereocenters. The lowest BCUT2D eigenvalue weighted by molar-refractivity contribution is 1.00. The van der Waals surface area contributed by atoms with Crippen LogP contribution in [0.2, 0.25) is 5.02 Å². The van der Waals surface area contributed by atoms with Gasteiger partial charge in [0.15, 0.2) is 9.79 Å². The van der Waals surface area contributed by atoms with Gasteiger partial charge in [-0.3, -0.25) is 9.56 Å². The number of hydrogen-bond acceptors (Lipinski definition) is 4. The number of benzene rings is 2. The molecule has 7 heteroatoms. The molecular formula is C16H12ClN3S3. The van der Waals surface area contributed by atoms with Crippen molar-refractivity contribution in [2.45, 2.75) is 0 Å². The second-order valence-corrected chi connectivity index (χ2v) is 7.72. The van der Waals surface area contributed by atoms with E-state index in [1.54, 1.807) is 7.05 Å². The molecule has 3 nitrogen and oxygen atoms in total. The molecule has 0 aliphatic rings. The number of amidine groups is 1. The lowest BCUT2D eigenvalue weighted by Gasteiger charge is -2.03. The molecule has 0 atom stereocenters. The summed E-state index contributed by atoms with van der Waals surface area (Å²) in [6, 6.07) is 17.4. The van der Waals surface area contributed by atoms with E-state index in [-0.39, 0.29) is 0 Å². The Balaban J connectivity index is 2.14. The van der Waals surface area contributed by atoms with Crippen LogP contribution in [0.5, 0.6) is 0 Å². The van der Waals surface area contributed by atoms with Gasteiger partial charge < -0.3 is 0 Å². The molecule has 0 aliphatic heterocycles. The fourth-order valence-electron chi connectivity index (χ4n) is 2.02. The number of halogens is 1. The summed E-state index contributed by atoms with van der Waals surface area (Å²) in [6.07, 6.45) is 0. The minimum atomic E-state index is 0.678. The summed E-state index contributed by atoms with van der Waals surface area (Å²) in [7, 11) is 4.79. The maximum Gasteiger partial charge on any atom is 0.207 e. The molecule has 0 radical (unpaired) electrons. The van der Waals surface area contributed by atoms with Crippen LogP contribution in [-0.2, 0) is 0 Å². The van der Waals surface area contributed by atoms with Crippen molar-refractivity contribution >= 4 is 50.3 Å². The molecule has 3 aromatic rings. The molecule has 0 saturated carbocycles. The summed E-state index contributed by atoms with van der Waals surface area (Å²) >= 11 is 11.4. The minimum absolute atomic E-state index is 0.678. The van der Waals surface area contributed by atoms with Crippen LogP contribution >= 0.6 is 44.5 Å². The Morgan fingerprint density at radius 1 is 1.04 bits per heavy atom. The van der Waals surface area contributed by atoms with Crippen molar-refractivity contribution in [2.24, 2.45) is 9.98 Å². The topological polar surface area (TPSA) is 29.6 Å². The first-order valence-electron chi connectivity index (χ1n) is 6.74. The third-order valence-electron chi connectivity index (χ3n) is 3.09. The van der Waals surface area contributed by atoms with Gasteiger partial charge >= 0.3 is 0 Å². The second-order valence-electron chi connectivity index (χ2n) is 4.55. The number of rotatable bonds is 2. The van der Waals surface area contributed by atoms with Crippen molar-refractivity contribution in [3.8, 4) is 5.69 Å². The third kappa shape index (κ3) is 3.67. The van der Waals surface area contributed by atoms with Gasteiger partial charge in [-0.15, -0.1) is 0 Å². The monoisotopic (exact) mass is 377 g/mol. The molecular weight excluding hydrogens is 366 g/mol. The van der Waals surface area contributed by atoms with E-state index in [4.69, 9.17) is 28.8 Å². The van der Waals surface area contributed by atoms with Gasteiger partial charge in [-0.25, -0.2) is 0 Å². The quantitative estimate of drug-likeness (QED) is 0.268. The van der Waals surface area contributed by atoms with Crippen molar-refractivity contribution in [3.63, 3.8) is 0 Å². The van der Waals surface area contributed by atoms with Crippen LogP contribution in [0.4, 0.5) is 0 Å². The van der Waals surface area contributed by atoms with Crippen molar-refractivity contribution < 1.29 is 0 Å². The van der Waals surface area contributed by atoms with E-state index in [0.717, 1.165) is 20.0 Å². The van der Waals surface area contributed by atoms with E-state index in [1.165, 1.54) is 20.7 Å². The summed E-state index contributed by atoms with van der Waals surface area (Å²) < 4.78 is 2.69. The first-order valence-corrected chi connectivity index (χ1v) is 9.67. The van der Waals surface area contributed by atoms with E-state index in [0.29, 0.717) is 10.9 Å². The molecule has 0 aliphatic carbocycles. The van der Waals surface area contributed by atoms with Gasteiger partial charge in [0.05, 0.1) is 5.69 Å². The normalized spacial score (nSPS) is 12.6. The molecule has 116 valence electrons. The maximum atomic E-state index is 5.97. The SMILES string of the molecule is CN=C(N=c1ssc(=S)n1-c1ccc(Cl)cc1)c1ccccc1. The van der Waals surface area contributed by atoms with E-state index < -0.39 is 0 Å². The van der Waals surface area contributed by atoms with Crippen molar-refractivity contribution in [1.82, 2.24) is 4.57 Å². The molecule has 3 rings (SSSR count). The fourth-order valence-corrected chi connectivity index (χ4v) is 4.56. The van der Waals surface area contributed by atoms with Gasteiger partial charge in [-0.2, -0.15) is 4.99 Å². The highest BCUT2D eigenvalue weighted by Crippen LogP contribution is 2.16. The summed E-state index contributed by atoms with van der Waals surface area (Å²) in [6.45, 7) is 0. The third-order valence-corrected chi connectivity index (χ3v) is 6.09. The lowest BCUT2D eigenvalue weighted by atomic mass is 10.2. The smallest absolute Gasteiger partial charge is 0.207 e. The van der Waals surface area contributed by atoms with Gasteiger partial charge in [-0.05, 0) is 57.2 Å². The highest BCUT2D eigenvalue weighted by atomic mass is 35.5. The Bertz CT molecular complexity index is 950. The molecule has 2 aromatic carbocycles. The minimum Gasteiger partial charge on any atom is -0.270 e. The predicted octanol–water partition coefficient (Wildman–Crippen LogP) is 4.96. The van der Waals surface area contributed by atoms with E-state index >= 15 is 0 Å². The summed E-state index contributed by atoms with van der Waals surface area (Å²) in [5.41, 5.74) is 1.92. The summed E-state index contributed by atoms with van der Waals surface area (Å²) in [5, 5.41) is 0.692.